The van der Waals surface area contributed by atoms with Crippen LogP contribution in [-0.2, 0) is 19.7 Å². The van der Waals surface area contributed by atoms with Crippen LogP contribution in [0.25, 0.3) is 0 Å². The van der Waals surface area contributed by atoms with E-state index in [0.717, 1.165) is 25.9 Å². The Bertz CT molecular complexity index is 402. The summed E-state index contributed by atoms with van der Waals surface area (Å²) in [5, 5.41) is 0. The fraction of sp³-hybridized carbons (Fsp3) is 1.00. The van der Waals surface area contributed by atoms with Gasteiger partial charge in [0.2, 0.25) is 0 Å². The van der Waals surface area contributed by atoms with E-state index < -0.39 is 10.2 Å². The van der Waals surface area contributed by atoms with Crippen molar-refractivity contribution in [3.8, 4) is 0 Å². The number of hydrogen-bond acceptors (Lipinski definition) is 4. The van der Waals surface area contributed by atoms with Gasteiger partial charge in [0.25, 0.3) is 10.2 Å². The number of ether oxygens (including phenoxy) is 2. The number of piperidine rings is 1. The molecule has 2 fully saturated rings. The van der Waals surface area contributed by atoms with E-state index in [9.17, 15) is 8.42 Å². The SMILES string of the molecule is COCC1CC2(CCN(S(=O)(=O)N(C)C)CC2)CO1. The van der Waals surface area contributed by atoms with Crippen LogP contribution in [0.3, 0.4) is 0 Å². The molecule has 0 saturated carbocycles. The predicted molar refractivity (Wildman–Crippen MR) is 72.1 cm³/mol. The van der Waals surface area contributed by atoms with Crippen LogP contribution < -0.4 is 0 Å². The van der Waals surface area contributed by atoms with Crippen molar-refractivity contribution in [2.45, 2.75) is 25.4 Å². The number of hydrogen-bond donors (Lipinski definition) is 0. The van der Waals surface area contributed by atoms with Gasteiger partial charge in [-0.05, 0) is 24.7 Å². The molecule has 2 aliphatic rings. The zero-order valence-electron chi connectivity index (χ0n) is 12.0. The normalized spacial score (nSPS) is 28.3. The van der Waals surface area contributed by atoms with Gasteiger partial charge in [-0.15, -0.1) is 0 Å². The summed E-state index contributed by atoms with van der Waals surface area (Å²) in [6.45, 7) is 2.53. The van der Waals surface area contributed by atoms with Gasteiger partial charge in [-0.25, -0.2) is 0 Å². The highest BCUT2D eigenvalue weighted by Gasteiger charge is 2.44. The Morgan fingerprint density at radius 1 is 1.37 bits per heavy atom. The zero-order chi connectivity index (χ0) is 14.1. The summed E-state index contributed by atoms with van der Waals surface area (Å²) in [7, 11) is 1.57. The molecule has 0 aromatic carbocycles. The molecule has 2 saturated heterocycles. The molecule has 2 rings (SSSR count). The van der Waals surface area contributed by atoms with Crippen LogP contribution in [0.15, 0.2) is 0 Å². The Labute approximate surface area is 115 Å². The van der Waals surface area contributed by atoms with Gasteiger partial charge in [-0.2, -0.15) is 17.0 Å². The Kier molecular flexibility index (Phi) is 4.52. The molecule has 6 nitrogen and oxygen atoms in total. The maximum absolute atomic E-state index is 12.1. The van der Waals surface area contributed by atoms with Crippen LogP contribution in [0, 0.1) is 5.41 Å². The first-order valence-electron chi connectivity index (χ1n) is 6.68. The maximum Gasteiger partial charge on any atom is 0.281 e. The van der Waals surface area contributed by atoms with E-state index in [0.29, 0.717) is 19.7 Å². The third kappa shape index (κ3) is 3.11. The van der Waals surface area contributed by atoms with Gasteiger partial charge in [-0.3, -0.25) is 0 Å². The zero-order valence-corrected chi connectivity index (χ0v) is 12.8. The number of nitrogens with zero attached hydrogens (tertiary/aromatic N) is 2. The van der Waals surface area contributed by atoms with Crippen molar-refractivity contribution >= 4 is 10.2 Å². The van der Waals surface area contributed by atoms with Gasteiger partial charge < -0.3 is 9.47 Å². The van der Waals surface area contributed by atoms with Crippen LogP contribution in [-0.4, -0.2) is 70.6 Å². The molecule has 19 heavy (non-hydrogen) atoms. The molecule has 1 atom stereocenters. The van der Waals surface area contributed by atoms with E-state index in [1.165, 1.54) is 4.31 Å². The molecule has 2 heterocycles. The molecule has 0 N–H and O–H groups in total. The minimum absolute atomic E-state index is 0.154. The lowest BCUT2D eigenvalue weighted by molar-refractivity contribution is 0.0311. The molecule has 0 aromatic heterocycles. The van der Waals surface area contributed by atoms with Gasteiger partial charge in [0.1, 0.15) is 0 Å². The molecule has 0 aliphatic carbocycles. The molecule has 0 aromatic rings. The van der Waals surface area contributed by atoms with E-state index in [2.05, 4.69) is 0 Å². The molecule has 2 aliphatic heterocycles. The van der Waals surface area contributed by atoms with Crippen LogP contribution >= 0.6 is 0 Å². The van der Waals surface area contributed by atoms with E-state index in [1.807, 2.05) is 0 Å². The quantitative estimate of drug-likeness (QED) is 0.748. The van der Waals surface area contributed by atoms with Crippen LogP contribution in [0.5, 0.6) is 0 Å². The Balaban J connectivity index is 1.93. The third-order valence-corrected chi connectivity index (χ3v) is 6.15. The molecule has 0 amide bonds. The van der Waals surface area contributed by atoms with Crippen molar-refractivity contribution in [2.24, 2.45) is 5.41 Å². The monoisotopic (exact) mass is 292 g/mol. The summed E-state index contributed by atoms with van der Waals surface area (Å²) in [4.78, 5) is 0. The van der Waals surface area contributed by atoms with Crippen LogP contribution in [0.4, 0.5) is 0 Å². The first-order valence-corrected chi connectivity index (χ1v) is 8.07. The van der Waals surface area contributed by atoms with Crippen molar-refractivity contribution < 1.29 is 17.9 Å². The van der Waals surface area contributed by atoms with E-state index in [-0.39, 0.29) is 11.5 Å². The average molecular weight is 292 g/mol. The van der Waals surface area contributed by atoms with Crippen molar-refractivity contribution in [3.63, 3.8) is 0 Å². The van der Waals surface area contributed by atoms with Gasteiger partial charge in [0.05, 0.1) is 19.3 Å². The Morgan fingerprint density at radius 3 is 2.53 bits per heavy atom. The number of rotatable bonds is 4. The predicted octanol–water partition coefficient (Wildman–Crippen LogP) is 0.310. The third-order valence-electron chi connectivity index (χ3n) is 4.21. The highest BCUT2D eigenvalue weighted by molar-refractivity contribution is 7.86. The molecule has 7 heteroatoms. The van der Waals surface area contributed by atoms with E-state index >= 15 is 0 Å². The summed E-state index contributed by atoms with van der Waals surface area (Å²) in [6.07, 6.45) is 2.90. The lowest BCUT2D eigenvalue weighted by Crippen LogP contribution is -2.47. The molecular weight excluding hydrogens is 268 g/mol. The first kappa shape index (κ1) is 15.2. The molecule has 1 spiro atoms. The van der Waals surface area contributed by atoms with Gasteiger partial charge in [0.15, 0.2) is 0 Å². The fourth-order valence-corrected chi connectivity index (χ4v) is 4.06. The lowest BCUT2D eigenvalue weighted by atomic mass is 9.77. The second-order valence-corrected chi connectivity index (χ2v) is 7.92. The summed E-state index contributed by atoms with van der Waals surface area (Å²) in [5.74, 6) is 0. The van der Waals surface area contributed by atoms with Crippen LogP contribution in [0.2, 0.25) is 0 Å². The van der Waals surface area contributed by atoms with Crippen molar-refractivity contribution in [1.29, 1.82) is 0 Å². The topological polar surface area (TPSA) is 59.1 Å². The first-order chi connectivity index (χ1) is 8.89. The molecule has 1 unspecified atom stereocenters. The van der Waals surface area contributed by atoms with Crippen molar-refractivity contribution in [3.05, 3.63) is 0 Å². The highest BCUT2D eigenvalue weighted by atomic mass is 32.2. The minimum Gasteiger partial charge on any atom is -0.382 e. The Hall–Kier alpha value is -0.210. The summed E-state index contributed by atoms with van der Waals surface area (Å²) in [6, 6.07) is 0. The largest absolute Gasteiger partial charge is 0.382 e. The smallest absolute Gasteiger partial charge is 0.281 e. The second kappa shape index (κ2) is 5.65. The summed E-state index contributed by atoms with van der Waals surface area (Å²) < 4.78 is 37.8. The van der Waals surface area contributed by atoms with Crippen molar-refractivity contribution in [2.75, 3.05) is 47.5 Å². The second-order valence-electron chi connectivity index (χ2n) is 5.78. The maximum atomic E-state index is 12.1. The fourth-order valence-electron chi connectivity index (χ4n) is 2.96. The van der Waals surface area contributed by atoms with Gasteiger partial charge in [-0.1, -0.05) is 0 Å². The van der Waals surface area contributed by atoms with Gasteiger partial charge in [0, 0.05) is 34.3 Å². The molecule has 112 valence electrons. The summed E-state index contributed by atoms with van der Waals surface area (Å²) >= 11 is 0. The van der Waals surface area contributed by atoms with Crippen LogP contribution in [0.1, 0.15) is 19.3 Å². The van der Waals surface area contributed by atoms with E-state index in [1.54, 1.807) is 25.5 Å². The lowest BCUT2D eigenvalue weighted by Gasteiger charge is -2.38. The average Bonchev–Trinajstić information content (AvgIpc) is 2.73. The number of methoxy groups -OCH3 is 1. The Morgan fingerprint density at radius 2 is 2.00 bits per heavy atom. The summed E-state index contributed by atoms with van der Waals surface area (Å²) in [5.41, 5.74) is 0.154. The highest BCUT2D eigenvalue weighted by Crippen LogP contribution is 2.42. The standard InChI is InChI=1S/C12H24N2O4S/c1-13(2)19(15,16)14-6-4-12(5-7-14)8-11(9-17-3)18-10-12/h11H,4-10H2,1-3H3. The minimum atomic E-state index is -3.27. The van der Waals surface area contributed by atoms with E-state index in [4.69, 9.17) is 9.47 Å². The molecule has 0 radical (unpaired) electrons. The van der Waals surface area contributed by atoms with Gasteiger partial charge >= 0.3 is 0 Å². The molecular formula is C12H24N2O4S. The molecule has 0 bridgehead atoms. The van der Waals surface area contributed by atoms with Crippen molar-refractivity contribution in [1.82, 2.24) is 8.61 Å².